The minimum atomic E-state index is -0.399. The lowest BCUT2D eigenvalue weighted by molar-refractivity contribution is 0.0933. The number of aromatic nitrogens is 4. The summed E-state index contributed by atoms with van der Waals surface area (Å²) in [5.41, 5.74) is -0.0292. The van der Waals surface area contributed by atoms with E-state index in [0.29, 0.717) is 11.5 Å². The highest BCUT2D eigenvalue weighted by molar-refractivity contribution is 8.00. The monoisotopic (exact) mass is 285 g/mol. The molecule has 0 radical (unpaired) electrons. The van der Waals surface area contributed by atoms with E-state index in [1.807, 2.05) is 6.26 Å². The van der Waals surface area contributed by atoms with Crippen LogP contribution >= 0.6 is 23.1 Å². The van der Waals surface area contributed by atoms with Gasteiger partial charge in [0.2, 0.25) is 0 Å². The number of thiazole rings is 1. The number of hydrogen-bond donors (Lipinski definition) is 3. The standard InChI is InChI=1S/C9H11N5O2S2/c1-4(6-12-8(16)14-13-6)10-7(15)5-3-18-9(11-5)17-2/h3-4H,1-2H3,(H,10,15)(H2,12,13,14,16). The molecule has 1 unspecified atom stereocenters. The number of amides is 1. The summed E-state index contributed by atoms with van der Waals surface area (Å²) in [6, 6.07) is -0.393. The summed E-state index contributed by atoms with van der Waals surface area (Å²) in [6.45, 7) is 1.73. The van der Waals surface area contributed by atoms with Gasteiger partial charge in [-0.2, -0.15) is 5.10 Å². The van der Waals surface area contributed by atoms with E-state index in [1.165, 1.54) is 23.1 Å². The molecule has 2 heterocycles. The Bertz CT molecular complexity index is 602. The smallest absolute Gasteiger partial charge is 0.340 e. The van der Waals surface area contributed by atoms with Crippen molar-refractivity contribution in [3.8, 4) is 0 Å². The van der Waals surface area contributed by atoms with Gasteiger partial charge in [0.15, 0.2) is 5.82 Å². The molecule has 1 amide bonds. The molecule has 0 aliphatic heterocycles. The average molecular weight is 285 g/mol. The molecule has 0 saturated heterocycles. The minimum absolute atomic E-state index is 0.289. The van der Waals surface area contributed by atoms with Crippen molar-refractivity contribution in [2.75, 3.05) is 6.26 Å². The highest BCUT2D eigenvalue weighted by Gasteiger charge is 2.16. The fourth-order valence-electron chi connectivity index (χ4n) is 1.28. The zero-order valence-electron chi connectivity index (χ0n) is 9.68. The number of H-pyrrole nitrogens is 2. The molecule has 0 fully saturated rings. The number of nitrogens with zero attached hydrogens (tertiary/aromatic N) is 2. The third-order valence-corrected chi connectivity index (χ3v) is 4.03. The van der Waals surface area contributed by atoms with Crippen molar-refractivity contribution in [1.29, 1.82) is 0 Å². The zero-order chi connectivity index (χ0) is 13.1. The van der Waals surface area contributed by atoms with E-state index in [1.54, 1.807) is 12.3 Å². The molecule has 18 heavy (non-hydrogen) atoms. The Labute approximate surface area is 110 Å². The quantitative estimate of drug-likeness (QED) is 0.720. The van der Waals surface area contributed by atoms with Crippen molar-refractivity contribution in [2.45, 2.75) is 17.3 Å². The maximum absolute atomic E-state index is 11.9. The van der Waals surface area contributed by atoms with Gasteiger partial charge in [0.05, 0.1) is 6.04 Å². The van der Waals surface area contributed by atoms with Crippen LogP contribution < -0.4 is 11.0 Å². The van der Waals surface area contributed by atoms with Gasteiger partial charge in [-0.05, 0) is 13.2 Å². The SMILES string of the molecule is CSc1nc(C(=O)NC(C)c2n[nH]c(=O)[nH]2)cs1. The summed E-state index contributed by atoms with van der Waals surface area (Å²) in [6.07, 6.45) is 1.90. The second-order valence-corrected chi connectivity index (χ2v) is 5.37. The summed E-state index contributed by atoms with van der Waals surface area (Å²) in [5.74, 6) is 0.0940. The topological polar surface area (TPSA) is 104 Å². The van der Waals surface area contributed by atoms with Crippen LogP contribution in [0.4, 0.5) is 0 Å². The summed E-state index contributed by atoms with van der Waals surface area (Å²) >= 11 is 2.90. The summed E-state index contributed by atoms with van der Waals surface area (Å²) < 4.78 is 0.834. The molecule has 0 aliphatic rings. The maximum atomic E-state index is 11.9. The first-order chi connectivity index (χ1) is 8.60. The molecular weight excluding hydrogens is 274 g/mol. The van der Waals surface area contributed by atoms with Crippen molar-refractivity contribution in [3.63, 3.8) is 0 Å². The molecular formula is C9H11N5O2S2. The second kappa shape index (κ2) is 5.36. The van der Waals surface area contributed by atoms with Crippen LogP contribution in [0.5, 0.6) is 0 Å². The van der Waals surface area contributed by atoms with Gasteiger partial charge < -0.3 is 5.32 Å². The van der Waals surface area contributed by atoms with E-state index < -0.39 is 11.7 Å². The number of aromatic amines is 2. The summed E-state index contributed by atoms with van der Waals surface area (Å²) in [5, 5.41) is 10.4. The van der Waals surface area contributed by atoms with Crippen molar-refractivity contribution in [2.24, 2.45) is 0 Å². The Balaban J connectivity index is 2.05. The molecule has 1 atom stereocenters. The molecule has 0 bridgehead atoms. The van der Waals surface area contributed by atoms with Gasteiger partial charge in [-0.3, -0.25) is 9.78 Å². The van der Waals surface area contributed by atoms with Crippen LogP contribution in [0.3, 0.4) is 0 Å². The molecule has 7 nitrogen and oxygen atoms in total. The van der Waals surface area contributed by atoms with E-state index in [0.717, 1.165) is 4.34 Å². The molecule has 2 rings (SSSR count). The van der Waals surface area contributed by atoms with Crippen molar-refractivity contribution >= 4 is 29.0 Å². The number of carbonyl (C=O) groups is 1. The highest BCUT2D eigenvalue weighted by Crippen LogP contribution is 2.20. The van der Waals surface area contributed by atoms with Gasteiger partial charge in [-0.15, -0.1) is 11.3 Å². The zero-order valence-corrected chi connectivity index (χ0v) is 11.3. The van der Waals surface area contributed by atoms with Crippen LogP contribution in [-0.4, -0.2) is 32.3 Å². The molecule has 0 aliphatic carbocycles. The predicted molar refractivity (Wildman–Crippen MR) is 69.0 cm³/mol. The van der Waals surface area contributed by atoms with E-state index in [-0.39, 0.29) is 5.91 Å². The Hall–Kier alpha value is -1.61. The maximum Gasteiger partial charge on any atom is 0.340 e. The Kier molecular flexibility index (Phi) is 3.82. The predicted octanol–water partition coefficient (Wildman–Crippen LogP) is 0.767. The Morgan fingerprint density at radius 1 is 1.61 bits per heavy atom. The van der Waals surface area contributed by atoms with Crippen molar-refractivity contribution in [1.82, 2.24) is 25.5 Å². The molecule has 9 heteroatoms. The van der Waals surface area contributed by atoms with Crippen LogP contribution in [0.2, 0.25) is 0 Å². The van der Waals surface area contributed by atoms with Crippen molar-refractivity contribution in [3.05, 3.63) is 27.4 Å². The average Bonchev–Trinajstić information content (AvgIpc) is 2.97. The lowest BCUT2D eigenvalue weighted by Gasteiger charge is -2.08. The van der Waals surface area contributed by atoms with Gasteiger partial charge in [-0.25, -0.2) is 14.9 Å². The third kappa shape index (κ3) is 2.79. The summed E-state index contributed by atoms with van der Waals surface area (Å²) in [7, 11) is 0. The number of thioether (sulfide) groups is 1. The lowest BCUT2D eigenvalue weighted by atomic mass is 10.3. The van der Waals surface area contributed by atoms with Crippen LogP contribution in [0.1, 0.15) is 29.3 Å². The number of rotatable bonds is 4. The molecule has 0 saturated carbocycles. The minimum Gasteiger partial charge on any atom is -0.341 e. The first-order valence-electron chi connectivity index (χ1n) is 5.05. The molecule has 0 aromatic carbocycles. The fourth-order valence-corrected chi connectivity index (χ4v) is 2.52. The largest absolute Gasteiger partial charge is 0.341 e. The fraction of sp³-hybridized carbons (Fsp3) is 0.333. The van der Waals surface area contributed by atoms with Crippen LogP contribution in [0.25, 0.3) is 0 Å². The van der Waals surface area contributed by atoms with Crippen LogP contribution in [0.15, 0.2) is 14.5 Å². The van der Waals surface area contributed by atoms with Crippen LogP contribution in [-0.2, 0) is 0 Å². The normalized spacial score (nSPS) is 12.3. The third-order valence-electron chi connectivity index (χ3n) is 2.17. The van der Waals surface area contributed by atoms with E-state index in [2.05, 4.69) is 25.5 Å². The molecule has 96 valence electrons. The van der Waals surface area contributed by atoms with Gasteiger partial charge in [-0.1, -0.05) is 11.8 Å². The first-order valence-corrected chi connectivity index (χ1v) is 7.15. The molecule has 3 N–H and O–H groups in total. The van der Waals surface area contributed by atoms with Crippen LogP contribution in [0, 0.1) is 0 Å². The van der Waals surface area contributed by atoms with E-state index >= 15 is 0 Å². The first kappa shape index (κ1) is 12.8. The van der Waals surface area contributed by atoms with Gasteiger partial charge in [0.25, 0.3) is 5.91 Å². The molecule has 0 spiro atoms. The van der Waals surface area contributed by atoms with E-state index in [9.17, 15) is 9.59 Å². The number of nitrogens with one attached hydrogen (secondary N) is 3. The summed E-state index contributed by atoms with van der Waals surface area (Å²) in [4.78, 5) is 29.4. The molecule has 2 aromatic heterocycles. The van der Waals surface area contributed by atoms with Gasteiger partial charge in [0.1, 0.15) is 10.0 Å². The van der Waals surface area contributed by atoms with Gasteiger partial charge in [0, 0.05) is 5.38 Å². The lowest BCUT2D eigenvalue weighted by Crippen LogP contribution is -2.27. The Morgan fingerprint density at radius 2 is 2.39 bits per heavy atom. The second-order valence-electron chi connectivity index (χ2n) is 3.46. The number of carbonyl (C=O) groups excluding carboxylic acids is 1. The number of hydrogen-bond acceptors (Lipinski definition) is 6. The van der Waals surface area contributed by atoms with Crippen molar-refractivity contribution < 1.29 is 4.79 Å². The van der Waals surface area contributed by atoms with E-state index in [4.69, 9.17) is 0 Å². The molecule has 2 aromatic rings. The van der Waals surface area contributed by atoms with Gasteiger partial charge >= 0.3 is 5.69 Å². The Morgan fingerprint density at radius 3 is 2.94 bits per heavy atom. The highest BCUT2D eigenvalue weighted by atomic mass is 32.2.